The smallest absolute Gasteiger partial charge is 0.163 e. The Morgan fingerprint density at radius 3 is 2.70 bits per heavy atom. The van der Waals surface area contributed by atoms with E-state index in [4.69, 9.17) is 9.47 Å². The molecule has 0 fully saturated rings. The van der Waals surface area contributed by atoms with Crippen molar-refractivity contribution in [2.75, 3.05) is 13.2 Å². The zero-order valence-electron chi connectivity index (χ0n) is 11.0. The summed E-state index contributed by atoms with van der Waals surface area (Å²) in [6.07, 6.45) is 3.32. The van der Waals surface area contributed by atoms with Crippen LogP contribution in [-0.2, 0) is 0 Å². The van der Waals surface area contributed by atoms with Crippen LogP contribution in [0, 0.1) is 0 Å². The molecule has 0 saturated heterocycles. The summed E-state index contributed by atoms with van der Waals surface area (Å²) in [5.41, 5.74) is 0.580. The van der Waals surface area contributed by atoms with Crippen LogP contribution in [0.1, 0.15) is 17.3 Å². The summed E-state index contributed by atoms with van der Waals surface area (Å²) in [4.78, 5) is 15.4. The highest BCUT2D eigenvalue weighted by Gasteiger charge is 2.07. The molecule has 0 aliphatic carbocycles. The Morgan fingerprint density at radius 2 is 1.95 bits per heavy atom. The monoisotopic (exact) mass is 335 g/mol. The molecule has 1 aromatic heterocycles. The Balaban J connectivity index is 1.86. The summed E-state index contributed by atoms with van der Waals surface area (Å²) in [6.45, 7) is 2.26. The predicted molar refractivity (Wildman–Crippen MR) is 79.4 cm³/mol. The first kappa shape index (κ1) is 14.5. The first-order chi connectivity index (χ1) is 9.66. The van der Waals surface area contributed by atoms with Crippen LogP contribution in [0.25, 0.3) is 0 Å². The second kappa shape index (κ2) is 7.05. The van der Waals surface area contributed by atoms with Crippen molar-refractivity contribution in [1.82, 2.24) is 4.98 Å². The van der Waals surface area contributed by atoms with Gasteiger partial charge in [-0.25, -0.2) is 0 Å². The molecule has 1 heterocycles. The van der Waals surface area contributed by atoms with Crippen LogP contribution < -0.4 is 9.47 Å². The lowest BCUT2D eigenvalue weighted by atomic mass is 10.1. The quantitative estimate of drug-likeness (QED) is 0.598. The van der Waals surface area contributed by atoms with E-state index >= 15 is 0 Å². The molecule has 4 nitrogen and oxygen atoms in total. The number of Topliss-reactive ketones (excluding diaryl/α,β-unsaturated/α-hetero) is 1. The maximum atomic E-state index is 11.4. The lowest BCUT2D eigenvalue weighted by Crippen LogP contribution is -2.10. The Labute approximate surface area is 125 Å². The number of hydrogen-bond donors (Lipinski definition) is 0. The van der Waals surface area contributed by atoms with E-state index in [9.17, 15) is 4.79 Å². The zero-order valence-corrected chi connectivity index (χ0v) is 12.6. The number of rotatable bonds is 6. The molecule has 0 N–H and O–H groups in total. The molecule has 104 valence electrons. The molecule has 2 rings (SSSR count). The minimum Gasteiger partial charge on any atom is -0.489 e. The molecular weight excluding hydrogens is 322 g/mol. The zero-order chi connectivity index (χ0) is 14.4. The Kier molecular flexibility index (Phi) is 5.12. The summed E-state index contributed by atoms with van der Waals surface area (Å²) >= 11 is 3.32. The van der Waals surface area contributed by atoms with Gasteiger partial charge in [-0.2, -0.15) is 0 Å². The van der Waals surface area contributed by atoms with Gasteiger partial charge < -0.3 is 9.47 Å². The molecule has 0 bridgehead atoms. The molecular formula is C15H14BrNO3. The van der Waals surface area contributed by atoms with E-state index in [0.29, 0.717) is 30.3 Å². The number of hydrogen-bond acceptors (Lipinski definition) is 4. The summed E-state index contributed by atoms with van der Waals surface area (Å²) < 4.78 is 11.9. The standard InChI is InChI=1S/C15H14BrNO3/c1-11(18)14-4-2-3-5-15(14)20-7-6-19-13-8-12(16)9-17-10-13/h2-5,8-10H,6-7H2,1H3. The van der Waals surface area contributed by atoms with E-state index in [0.717, 1.165) is 4.47 Å². The first-order valence-electron chi connectivity index (χ1n) is 6.13. The molecule has 1 aromatic carbocycles. The number of nitrogens with zero attached hydrogens (tertiary/aromatic N) is 1. The number of para-hydroxylation sites is 1. The van der Waals surface area contributed by atoms with Gasteiger partial charge in [0, 0.05) is 10.7 Å². The lowest BCUT2D eigenvalue weighted by Gasteiger charge is -2.10. The van der Waals surface area contributed by atoms with Crippen molar-refractivity contribution in [1.29, 1.82) is 0 Å². The molecule has 0 aliphatic heterocycles. The molecule has 0 amide bonds. The predicted octanol–water partition coefficient (Wildman–Crippen LogP) is 3.50. The fourth-order valence-electron chi connectivity index (χ4n) is 1.67. The molecule has 2 aromatic rings. The molecule has 0 spiro atoms. The van der Waals surface area contributed by atoms with E-state index in [1.807, 2.05) is 18.2 Å². The third-order valence-electron chi connectivity index (χ3n) is 2.56. The van der Waals surface area contributed by atoms with Gasteiger partial charge in [0.1, 0.15) is 24.7 Å². The minimum absolute atomic E-state index is 0.0160. The van der Waals surface area contributed by atoms with Crippen LogP contribution in [-0.4, -0.2) is 24.0 Å². The third kappa shape index (κ3) is 4.06. The summed E-state index contributed by atoms with van der Waals surface area (Å²) in [6, 6.07) is 9.00. The molecule has 0 unspecified atom stereocenters. The van der Waals surface area contributed by atoms with E-state index in [1.54, 1.807) is 24.5 Å². The highest BCUT2D eigenvalue weighted by atomic mass is 79.9. The fourth-order valence-corrected chi connectivity index (χ4v) is 2.01. The van der Waals surface area contributed by atoms with Crippen molar-refractivity contribution in [3.63, 3.8) is 0 Å². The Hall–Kier alpha value is -1.88. The van der Waals surface area contributed by atoms with Gasteiger partial charge in [0.25, 0.3) is 0 Å². The Bertz CT molecular complexity index is 601. The third-order valence-corrected chi connectivity index (χ3v) is 2.99. The van der Waals surface area contributed by atoms with Gasteiger partial charge in [0.05, 0.1) is 11.8 Å². The highest BCUT2D eigenvalue weighted by Crippen LogP contribution is 2.19. The Morgan fingerprint density at radius 1 is 1.20 bits per heavy atom. The molecule has 20 heavy (non-hydrogen) atoms. The van der Waals surface area contributed by atoms with Crippen LogP contribution in [0.3, 0.4) is 0 Å². The fraction of sp³-hybridized carbons (Fsp3) is 0.200. The lowest BCUT2D eigenvalue weighted by molar-refractivity contribution is 0.101. The largest absolute Gasteiger partial charge is 0.489 e. The number of carbonyl (C=O) groups is 1. The summed E-state index contributed by atoms with van der Waals surface area (Å²) in [7, 11) is 0. The van der Waals surface area contributed by atoms with Gasteiger partial charge in [-0.3, -0.25) is 9.78 Å². The second-order valence-corrected chi connectivity index (χ2v) is 5.00. The maximum Gasteiger partial charge on any atom is 0.163 e. The van der Waals surface area contributed by atoms with Crippen LogP contribution >= 0.6 is 15.9 Å². The SMILES string of the molecule is CC(=O)c1ccccc1OCCOc1cncc(Br)c1. The van der Waals surface area contributed by atoms with E-state index < -0.39 is 0 Å². The van der Waals surface area contributed by atoms with Gasteiger partial charge in [-0.1, -0.05) is 12.1 Å². The normalized spacial score (nSPS) is 10.1. The first-order valence-corrected chi connectivity index (χ1v) is 6.92. The number of halogens is 1. The average Bonchev–Trinajstić information content (AvgIpc) is 2.44. The van der Waals surface area contributed by atoms with Crippen molar-refractivity contribution in [2.24, 2.45) is 0 Å². The summed E-state index contributed by atoms with van der Waals surface area (Å²) in [5, 5.41) is 0. The molecule has 0 atom stereocenters. The van der Waals surface area contributed by atoms with E-state index in [-0.39, 0.29) is 5.78 Å². The van der Waals surface area contributed by atoms with E-state index in [2.05, 4.69) is 20.9 Å². The van der Waals surface area contributed by atoms with Crippen LogP contribution in [0.15, 0.2) is 47.2 Å². The average molecular weight is 336 g/mol. The number of carbonyl (C=O) groups excluding carboxylic acids is 1. The number of ketones is 1. The molecule has 0 saturated carbocycles. The van der Waals surface area contributed by atoms with Crippen molar-refractivity contribution < 1.29 is 14.3 Å². The van der Waals surface area contributed by atoms with E-state index in [1.165, 1.54) is 6.92 Å². The van der Waals surface area contributed by atoms with Crippen LogP contribution in [0.2, 0.25) is 0 Å². The number of pyridine rings is 1. The van der Waals surface area contributed by atoms with Gasteiger partial charge in [-0.15, -0.1) is 0 Å². The maximum absolute atomic E-state index is 11.4. The minimum atomic E-state index is -0.0160. The number of benzene rings is 1. The van der Waals surface area contributed by atoms with Crippen LogP contribution in [0.4, 0.5) is 0 Å². The van der Waals surface area contributed by atoms with Crippen molar-refractivity contribution in [3.05, 3.63) is 52.8 Å². The van der Waals surface area contributed by atoms with Gasteiger partial charge in [0.2, 0.25) is 0 Å². The van der Waals surface area contributed by atoms with Crippen molar-refractivity contribution in [2.45, 2.75) is 6.92 Å². The summed E-state index contributed by atoms with van der Waals surface area (Å²) in [5.74, 6) is 1.23. The highest BCUT2D eigenvalue weighted by molar-refractivity contribution is 9.10. The van der Waals surface area contributed by atoms with Gasteiger partial charge in [-0.05, 0) is 41.1 Å². The molecule has 5 heteroatoms. The second-order valence-electron chi connectivity index (χ2n) is 4.09. The van der Waals surface area contributed by atoms with Gasteiger partial charge >= 0.3 is 0 Å². The number of ether oxygens (including phenoxy) is 2. The van der Waals surface area contributed by atoms with Crippen molar-refractivity contribution in [3.8, 4) is 11.5 Å². The molecule has 0 radical (unpaired) electrons. The van der Waals surface area contributed by atoms with Crippen molar-refractivity contribution >= 4 is 21.7 Å². The van der Waals surface area contributed by atoms with Crippen LogP contribution in [0.5, 0.6) is 11.5 Å². The number of aromatic nitrogens is 1. The topological polar surface area (TPSA) is 48.4 Å². The molecule has 0 aliphatic rings. The van der Waals surface area contributed by atoms with Gasteiger partial charge in [0.15, 0.2) is 5.78 Å².